The lowest BCUT2D eigenvalue weighted by Gasteiger charge is -2.36. The van der Waals surface area contributed by atoms with Gasteiger partial charge in [0.1, 0.15) is 6.61 Å². The SMILES string of the molecule is CC1NC(=O)COC1(C)C(N)=O.Cl. The van der Waals surface area contributed by atoms with Crippen molar-refractivity contribution in [2.75, 3.05) is 6.61 Å². The molecule has 2 amide bonds. The number of carbonyl (C=O) groups is 2. The molecule has 3 N–H and O–H groups in total. The van der Waals surface area contributed by atoms with Crippen molar-refractivity contribution in [1.82, 2.24) is 5.32 Å². The molecule has 0 aliphatic carbocycles. The van der Waals surface area contributed by atoms with Gasteiger partial charge < -0.3 is 15.8 Å². The van der Waals surface area contributed by atoms with E-state index in [1.54, 1.807) is 13.8 Å². The number of primary amides is 1. The zero-order valence-corrected chi connectivity index (χ0v) is 8.31. The lowest BCUT2D eigenvalue weighted by Crippen LogP contribution is -2.63. The molecule has 0 aromatic rings. The van der Waals surface area contributed by atoms with E-state index in [-0.39, 0.29) is 31.0 Å². The standard InChI is InChI=1S/C7H12N2O3.ClH/c1-4-7(2,6(8)11)12-3-5(10)9-4;/h4H,3H2,1-2H3,(H2,8,11)(H,9,10);1H. The maximum absolute atomic E-state index is 10.9. The molecule has 13 heavy (non-hydrogen) atoms. The van der Waals surface area contributed by atoms with Crippen LogP contribution in [0.4, 0.5) is 0 Å². The van der Waals surface area contributed by atoms with Gasteiger partial charge in [0.05, 0.1) is 6.04 Å². The molecule has 2 atom stereocenters. The Bertz CT molecular complexity index is 234. The van der Waals surface area contributed by atoms with Crippen LogP contribution >= 0.6 is 12.4 Å². The largest absolute Gasteiger partial charge is 0.367 e. The molecular weight excluding hydrogens is 196 g/mol. The van der Waals surface area contributed by atoms with Crippen LogP contribution in [0.25, 0.3) is 0 Å². The van der Waals surface area contributed by atoms with Gasteiger partial charge >= 0.3 is 0 Å². The monoisotopic (exact) mass is 208 g/mol. The van der Waals surface area contributed by atoms with Gasteiger partial charge in [-0.3, -0.25) is 9.59 Å². The zero-order valence-electron chi connectivity index (χ0n) is 7.49. The summed E-state index contributed by atoms with van der Waals surface area (Å²) in [5.74, 6) is -0.781. The van der Waals surface area contributed by atoms with Gasteiger partial charge in [0.25, 0.3) is 5.91 Å². The number of hydrogen-bond acceptors (Lipinski definition) is 3. The number of nitrogens with one attached hydrogen (secondary N) is 1. The van der Waals surface area contributed by atoms with Gasteiger partial charge in [0, 0.05) is 0 Å². The van der Waals surface area contributed by atoms with E-state index < -0.39 is 11.5 Å². The number of carbonyl (C=O) groups excluding carboxylic acids is 2. The van der Waals surface area contributed by atoms with E-state index in [2.05, 4.69) is 5.32 Å². The van der Waals surface area contributed by atoms with Gasteiger partial charge in [-0.1, -0.05) is 0 Å². The van der Waals surface area contributed by atoms with Crippen LogP contribution in [0, 0.1) is 0 Å². The number of rotatable bonds is 1. The van der Waals surface area contributed by atoms with Crippen LogP contribution in [0.1, 0.15) is 13.8 Å². The summed E-state index contributed by atoms with van der Waals surface area (Å²) in [6.07, 6.45) is 0. The molecule has 0 aromatic heterocycles. The average molecular weight is 209 g/mol. The van der Waals surface area contributed by atoms with Gasteiger partial charge in [-0.2, -0.15) is 0 Å². The van der Waals surface area contributed by atoms with Gasteiger partial charge in [0.15, 0.2) is 5.60 Å². The average Bonchev–Trinajstić information content (AvgIpc) is 1.97. The smallest absolute Gasteiger partial charge is 0.251 e. The minimum atomic E-state index is -1.08. The summed E-state index contributed by atoms with van der Waals surface area (Å²) in [6, 6.07) is -0.378. The Balaban J connectivity index is 0.00000144. The molecular formula is C7H13ClN2O3. The van der Waals surface area contributed by atoms with Crippen molar-refractivity contribution in [2.24, 2.45) is 5.73 Å². The first-order chi connectivity index (χ1) is 5.47. The number of hydrogen-bond donors (Lipinski definition) is 2. The lowest BCUT2D eigenvalue weighted by molar-refractivity contribution is -0.160. The second kappa shape index (κ2) is 3.93. The molecule has 1 fully saturated rings. The minimum absolute atomic E-state index is 0. The van der Waals surface area contributed by atoms with Crippen LogP contribution in [0.3, 0.4) is 0 Å². The predicted octanol–water partition coefficient (Wildman–Crippen LogP) is -0.813. The highest BCUT2D eigenvalue weighted by molar-refractivity contribution is 5.87. The fraction of sp³-hybridized carbons (Fsp3) is 0.714. The van der Waals surface area contributed by atoms with E-state index in [9.17, 15) is 9.59 Å². The number of ether oxygens (including phenoxy) is 1. The van der Waals surface area contributed by atoms with Crippen molar-refractivity contribution in [3.8, 4) is 0 Å². The summed E-state index contributed by atoms with van der Waals surface area (Å²) in [7, 11) is 0. The van der Waals surface area contributed by atoms with Gasteiger partial charge in [-0.05, 0) is 13.8 Å². The highest BCUT2D eigenvalue weighted by Gasteiger charge is 2.42. The van der Waals surface area contributed by atoms with Crippen molar-refractivity contribution in [3.05, 3.63) is 0 Å². The van der Waals surface area contributed by atoms with Crippen molar-refractivity contribution >= 4 is 24.2 Å². The maximum Gasteiger partial charge on any atom is 0.251 e. The third kappa shape index (κ3) is 2.10. The Morgan fingerprint density at radius 1 is 1.77 bits per heavy atom. The van der Waals surface area contributed by atoms with E-state index in [4.69, 9.17) is 10.5 Å². The Morgan fingerprint density at radius 2 is 2.31 bits per heavy atom. The third-order valence-electron chi connectivity index (χ3n) is 2.20. The molecule has 0 bridgehead atoms. The molecule has 1 rings (SSSR count). The summed E-state index contributed by atoms with van der Waals surface area (Å²) in [5, 5.41) is 2.59. The minimum Gasteiger partial charge on any atom is -0.367 e. The summed E-state index contributed by atoms with van der Waals surface area (Å²) >= 11 is 0. The molecule has 0 aromatic carbocycles. The number of halogens is 1. The molecule has 76 valence electrons. The van der Waals surface area contributed by atoms with Crippen LogP contribution in [0.2, 0.25) is 0 Å². The Kier molecular flexibility index (Phi) is 3.69. The normalized spacial score (nSPS) is 33.1. The Hall–Kier alpha value is -0.810. The molecule has 2 unspecified atom stereocenters. The summed E-state index contributed by atoms with van der Waals surface area (Å²) in [5.41, 5.74) is 4.05. The van der Waals surface area contributed by atoms with Crippen molar-refractivity contribution in [2.45, 2.75) is 25.5 Å². The van der Waals surface area contributed by atoms with E-state index in [0.29, 0.717) is 0 Å². The van der Waals surface area contributed by atoms with Gasteiger partial charge in [-0.15, -0.1) is 12.4 Å². The molecule has 1 aliphatic rings. The third-order valence-corrected chi connectivity index (χ3v) is 2.20. The first kappa shape index (κ1) is 12.2. The van der Waals surface area contributed by atoms with Gasteiger partial charge in [-0.25, -0.2) is 0 Å². The molecule has 1 aliphatic heterocycles. The van der Waals surface area contributed by atoms with Crippen molar-refractivity contribution < 1.29 is 14.3 Å². The quantitative estimate of drug-likeness (QED) is 0.591. The van der Waals surface area contributed by atoms with E-state index in [0.717, 1.165) is 0 Å². The van der Waals surface area contributed by atoms with Crippen LogP contribution in [0.5, 0.6) is 0 Å². The fourth-order valence-electron chi connectivity index (χ4n) is 1.05. The summed E-state index contributed by atoms with van der Waals surface area (Å²) in [6.45, 7) is 3.14. The van der Waals surface area contributed by atoms with E-state index in [1.807, 2.05) is 0 Å². The van der Waals surface area contributed by atoms with Crippen molar-refractivity contribution in [3.63, 3.8) is 0 Å². The summed E-state index contributed by atoms with van der Waals surface area (Å²) < 4.78 is 5.06. The topological polar surface area (TPSA) is 81.4 Å². The van der Waals surface area contributed by atoms with Crippen LogP contribution < -0.4 is 11.1 Å². The van der Waals surface area contributed by atoms with E-state index in [1.165, 1.54) is 0 Å². The van der Waals surface area contributed by atoms with E-state index >= 15 is 0 Å². The number of morpholine rings is 1. The molecule has 1 saturated heterocycles. The Labute approximate surface area is 82.4 Å². The molecule has 0 radical (unpaired) electrons. The van der Waals surface area contributed by atoms with Crippen molar-refractivity contribution in [1.29, 1.82) is 0 Å². The molecule has 0 spiro atoms. The first-order valence-corrected chi connectivity index (χ1v) is 3.70. The zero-order chi connectivity index (χ0) is 9.35. The number of nitrogens with two attached hydrogens (primary N) is 1. The molecule has 1 heterocycles. The predicted molar refractivity (Wildman–Crippen MR) is 48.4 cm³/mol. The highest BCUT2D eigenvalue weighted by Crippen LogP contribution is 2.18. The molecule has 5 nitrogen and oxygen atoms in total. The highest BCUT2D eigenvalue weighted by atomic mass is 35.5. The Morgan fingerprint density at radius 3 is 2.69 bits per heavy atom. The van der Waals surface area contributed by atoms with Crippen LogP contribution in [-0.2, 0) is 14.3 Å². The lowest BCUT2D eigenvalue weighted by atomic mass is 9.95. The molecule has 6 heteroatoms. The van der Waals surface area contributed by atoms with Crippen LogP contribution in [-0.4, -0.2) is 30.1 Å². The molecule has 0 saturated carbocycles. The second-order valence-corrected chi connectivity index (χ2v) is 3.05. The first-order valence-electron chi connectivity index (χ1n) is 3.70. The summed E-state index contributed by atoms with van der Waals surface area (Å²) in [4.78, 5) is 21.7. The number of amides is 2. The maximum atomic E-state index is 10.9. The van der Waals surface area contributed by atoms with Crippen LogP contribution in [0.15, 0.2) is 0 Å². The fourth-order valence-corrected chi connectivity index (χ4v) is 1.05. The van der Waals surface area contributed by atoms with Gasteiger partial charge in [0.2, 0.25) is 5.91 Å². The second-order valence-electron chi connectivity index (χ2n) is 3.05.